The average Bonchev–Trinajstić information content (AvgIpc) is 3.37. The van der Waals surface area contributed by atoms with Crippen LogP contribution in [0.25, 0.3) is 49.7 Å². The van der Waals surface area contributed by atoms with E-state index in [9.17, 15) is 4.57 Å². The summed E-state index contributed by atoms with van der Waals surface area (Å²) in [6, 6.07) is 24.8. The zero-order valence-corrected chi connectivity index (χ0v) is 19.4. The van der Waals surface area contributed by atoms with E-state index in [4.69, 9.17) is 14.0 Å². The van der Waals surface area contributed by atoms with Gasteiger partial charge in [-0.3, -0.25) is 4.57 Å². The number of hydrogen-bond acceptors (Lipinski definition) is 4. The SMILES string of the molecule is CCOP(=O)(OCC)c1ccc2cc(-c3c4ccn3-4)cc(-c3cccc4ccccc34)c2n1. The summed E-state index contributed by atoms with van der Waals surface area (Å²) in [5, 5.41) is 3.30. The van der Waals surface area contributed by atoms with Crippen LogP contribution in [0.3, 0.4) is 0 Å². The molecule has 0 spiro atoms. The van der Waals surface area contributed by atoms with Crippen LogP contribution in [0, 0.1) is 0 Å². The maximum absolute atomic E-state index is 13.5. The summed E-state index contributed by atoms with van der Waals surface area (Å²) in [5.41, 5.74) is 6.87. The minimum absolute atomic E-state index is 0.284. The van der Waals surface area contributed by atoms with Gasteiger partial charge in [-0.05, 0) is 54.4 Å². The van der Waals surface area contributed by atoms with E-state index in [1.807, 2.05) is 26.0 Å². The molecular weight excluding hydrogens is 431 g/mol. The maximum Gasteiger partial charge on any atom is 0.379 e. The first-order valence-corrected chi connectivity index (χ1v) is 12.7. The molecule has 4 aromatic rings. The first kappa shape index (κ1) is 20.4. The van der Waals surface area contributed by atoms with Crippen molar-refractivity contribution in [3.05, 3.63) is 79.0 Å². The highest BCUT2D eigenvalue weighted by molar-refractivity contribution is 7.61. The van der Waals surface area contributed by atoms with E-state index in [-0.39, 0.29) is 13.2 Å². The second-order valence-electron chi connectivity index (χ2n) is 8.04. The summed E-state index contributed by atoms with van der Waals surface area (Å²) < 4.78 is 26.8. The van der Waals surface area contributed by atoms with Gasteiger partial charge in [0.1, 0.15) is 0 Å². The van der Waals surface area contributed by atoms with Crippen LogP contribution < -0.4 is 5.44 Å². The summed E-state index contributed by atoms with van der Waals surface area (Å²) >= 11 is 0. The highest BCUT2D eigenvalue weighted by atomic mass is 31.2. The fourth-order valence-electron chi connectivity index (χ4n) is 4.54. The average molecular weight is 454 g/mol. The third kappa shape index (κ3) is 3.24. The van der Waals surface area contributed by atoms with E-state index in [1.165, 1.54) is 11.4 Å². The van der Waals surface area contributed by atoms with E-state index in [2.05, 4.69) is 65.4 Å². The third-order valence-corrected chi connectivity index (χ3v) is 8.09. The van der Waals surface area contributed by atoms with Gasteiger partial charge in [-0.1, -0.05) is 48.5 Å². The Morgan fingerprint density at radius 1 is 0.848 bits per heavy atom. The van der Waals surface area contributed by atoms with Gasteiger partial charge >= 0.3 is 7.60 Å². The highest BCUT2D eigenvalue weighted by Crippen LogP contribution is 2.48. The maximum atomic E-state index is 13.5. The molecular formula is C27H23N2O3P. The Kier molecular flexibility index (Phi) is 4.73. The molecule has 0 saturated heterocycles. The smallest absolute Gasteiger partial charge is 0.312 e. The Morgan fingerprint density at radius 2 is 1.61 bits per heavy atom. The highest BCUT2D eigenvalue weighted by Gasteiger charge is 2.30. The van der Waals surface area contributed by atoms with Crippen molar-refractivity contribution in [2.75, 3.05) is 13.2 Å². The summed E-state index contributed by atoms with van der Waals surface area (Å²) in [6.45, 7) is 4.18. The van der Waals surface area contributed by atoms with Gasteiger partial charge in [0.25, 0.3) is 0 Å². The molecule has 0 unspecified atom stereocenters. The normalized spacial score (nSPS) is 12.5. The molecule has 2 aliphatic rings. The van der Waals surface area contributed by atoms with E-state index in [0.29, 0.717) is 5.44 Å². The summed E-state index contributed by atoms with van der Waals surface area (Å²) in [7, 11) is -3.50. The number of hydrogen-bond donors (Lipinski definition) is 0. The predicted octanol–water partition coefficient (Wildman–Crippen LogP) is 6.72. The van der Waals surface area contributed by atoms with E-state index in [1.54, 1.807) is 6.07 Å². The van der Waals surface area contributed by atoms with Crippen molar-refractivity contribution in [2.24, 2.45) is 0 Å². The Balaban J connectivity index is 1.64. The Labute approximate surface area is 192 Å². The fraction of sp³-hybridized carbons (Fsp3) is 0.148. The summed E-state index contributed by atoms with van der Waals surface area (Å²) in [4.78, 5) is 4.88. The van der Waals surface area contributed by atoms with Crippen LogP contribution in [-0.4, -0.2) is 22.8 Å². The van der Waals surface area contributed by atoms with Gasteiger partial charge in [-0.2, -0.15) is 0 Å². The molecule has 0 saturated carbocycles. The molecule has 2 aliphatic heterocycles. The molecule has 0 aliphatic carbocycles. The van der Waals surface area contributed by atoms with Crippen molar-refractivity contribution in [1.29, 1.82) is 0 Å². The molecule has 0 radical (unpaired) electrons. The Bertz CT molecular complexity index is 1550. The van der Waals surface area contributed by atoms with E-state index >= 15 is 0 Å². The van der Waals surface area contributed by atoms with E-state index < -0.39 is 7.60 Å². The van der Waals surface area contributed by atoms with Crippen LogP contribution in [-0.2, 0) is 13.6 Å². The quantitative estimate of drug-likeness (QED) is 0.251. The van der Waals surface area contributed by atoms with Crippen molar-refractivity contribution in [3.63, 3.8) is 0 Å². The van der Waals surface area contributed by atoms with Crippen LogP contribution >= 0.6 is 7.60 Å². The first-order chi connectivity index (χ1) is 16.1. The van der Waals surface area contributed by atoms with Crippen LogP contribution in [0.4, 0.5) is 0 Å². The number of benzene rings is 3. The number of aromatic nitrogens is 2. The largest absolute Gasteiger partial charge is 0.379 e. The van der Waals surface area contributed by atoms with Gasteiger partial charge in [-0.15, -0.1) is 0 Å². The number of nitrogens with zero attached hydrogens (tertiary/aromatic N) is 2. The fourth-order valence-corrected chi connectivity index (χ4v) is 6.04. The van der Waals surface area contributed by atoms with Crippen LogP contribution in [0.15, 0.2) is 79.0 Å². The summed E-state index contributed by atoms with van der Waals surface area (Å²) in [5.74, 6) is 0. The number of pyridine rings is 1. The lowest BCUT2D eigenvalue weighted by molar-refractivity contribution is 0.229. The van der Waals surface area contributed by atoms with Crippen molar-refractivity contribution < 1.29 is 13.6 Å². The van der Waals surface area contributed by atoms with Gasteiger partial charge in [0.2, 0.25) is 0 Å². The minimum atomic E-state index is -3.50. The molecule has 0 N–H and O–H groups in total. The number of rotatable bonds is 7. The van der Waals surface area contributed by atoms with Crippen LogP contribution in [0.5, 0.6) is 0 Å². The standard InChI is InChI=1S/C27H23N2O3P/c1-3-31-33(30,32-4-2)25-13-12-19-16-20(27-24-14-15-29(24)27)17-23(26(19)28-25)22-11-7-9-18-8-5-6-10-21(18)22/h5-17H,3-4H2,1-2H3. The van der Waals surface area contributed by atoms with Crippen LogP contribution in [0.2, 0.25) is 0 Å². The minimum Gasteiger partial charge on any atom is -0.312 e. The second-order valence-corrected chi connectivity index (χ2v) is 10.0. The van der Waals surface area contributed by atoms with Gasteiger partial charge in [0.05, 0.1) is 30.1 Å². The lowest BCUT2D eigenvalue weighted by Gasteiger charge is -2.18. The Hall–Kier alpha value is -3.24. The molecule has 0 fully saturated rings. The lowest BCUT2D eigenvalue weighted by Crippen LogP contribution is -2.14. The van der Waals surface area contributed by atoms with Crippen molar-refractivity contribution in [3.8, 4) is 28.1 Å². The van der Waals surface area contributed by atoms with Gasteiger partial charge < -0.3 is 13.6 Å². The van der Waals surface area contributed by atoms with Crippen molar-refractivity contribution >= 4 is 34.7 Å². The molecule has 6 heteroatoms. The predicted molar refractivity (Wildman–Crippen MR) is 133 cm³/mol. The topological polar surface area (TPSA) is 53.4 Å². The Morgan fingerprint density at radius 3 is 2.33 bits per heavy atom. The molecule has 5 nitrogen and oxygen atoms in total. The van der Waals surface area contributed by atoms with Gasteiger partial charge in [-0.25, -0.2) is 4.98 Å². The molecule has 0 atom stereocenters. The second kappa shape index (κ2) is 7.67. The zero-order valence-electron chi connectivity index (χ0n) is 18.5. The van der Waals surface area contributed by atoms with E-state index in [0.717, 1.165) is 38.4 Å². The van der Waals surface area contributed by atoms with Crippen LogP contribution in [0.1, 0.15) is 13.8 Å². The third-order valence-electron chi connectivity index (χ3n) is 6.08. The molecule has 3 aromatic carbocycles. The molecule has 164 valence electrons. The zero-order chi connectivity index (χ0) is 22.6. The molecule has 1 aromatic heterocycles. The van der Waals surface area contributed by atoms with Crippen molar-refractivity contribution in [2.45, 2.75) is 13.8 Å². The lowest BCUT2D eigenvalue weighted by atomic mass is 9.94. The van der Waals surface area contributed by atoms with Gasteiger partial charge in [0, 0.05) is 22.7 Å². The summed E-state index contributed by atoms with van der Waals surface area (Å²) in [6.07, 6.45) is 2.08. The monoisotopic (exact) mass is 454 g/mol. The van der Waals surface area contributed by atoms with Crippen molar-refractivity contribution in [1.82, 2.24) is 9.55 Å². The molecule has 3 heterocycles. The number of fused-ring (bicyclic) bond motifs is 3. The first-order valence-electron chi connectivity index (χ1n) is 11.2. The molecule has 0 amide bonds. The molecule has 6 rings (SSSR count). The molecule has 33 heavy (non-hydrogen) atoms. The van der Waals surface area contributed by atoms with Gasteiger partial charge in [0.15, 0.2) is 5.44 Å². The molecule has 0 bridgehead atoms.